The molecule has 0 aliphatic carbocycles. The molecule has 8 nitrogen and oxygen atoms in total. The number of amides is 2. The summed E-state index contributed by atoms with van der Waals surface area (Å²) in [4.78, 5) is 32.8. The topological polar surface area (TPSA) is 100 Å². The van der Waals surface area contributed by atoms with Gasteiger partial charge in [-0.1, -0.05) is 19.1 Å². The Bertz CT molecular complexity index is 1290. The number of aryl methyl sites for hydroxylation is 2. The monoisotopic (exact) mass is 505 g/mol. The van der Waals surface area contributed by atoms with Crippen LogP contribution in [0.4, 0.5) is 5.00 Å². The number of hydrogen-bond donors (Lipinski definition) is 1. The van der Waals surface area contributed by atoms with Gasteiger partial charge in [0.1, 0.15) is 22.6 Å². The Labute approximate surface area is 215 Å². The third-order valence-corrected chi connectivity index (χ3v) is 7.62. The van der Waals surface area contributed by atoms with Crippen LogP contribution in [-0.2, 0) is 36.0 Å². The van der Waals surface area contributed by atoms with Crippen molar-refractivity contribution in [3.63, 3.8) is 0 Å². The number of carbonyl (C=O) groups is 2. The lowest BCUT2D eigenvalue weighted by molar-refractivity contribution is -0.132. The first kappa shape index (κ1) is 25.5. The van der Waals surface area contributed by atoms with Crippen molar-refractivity contribution in [2.75, 3.05) is 18.5 Å². The summed E-state index contributed by atoms with van der Waals surface area (Å²) in [5.41, 5.74) is 2.50. The van der Waals surface area contributed by atoms with E-state index in [1.807, 2.05) is 60.8 Å². The number of fused-ring (bicyclic) bond motifs is 1. The molecule has 4 rings (SSSR count). The van der Waals surface area contributed by atoms with Gasteiger partial charge < -0.3 is 19.5 Å². The van der Waals surface area contributed by atoms with Gasteiger partial charge in [-0.05, 0) is 42.5 Å². The van der Waals surface area contributed by atoms with E-state index in [2.05, 4.69) is 16.4 Å². The minimum Gasteiger partial charge on any atom is -0.494 e. The van der Waals surface area contributed by atoms with Crippen LogP contribution >= 0.6 is 11.3 Å². The summed E-state index contributed by atoms with van der Waals surface area (Å²) >= 11 is 1.40. The number of nitrogens with one attached hydrogen (secondary N) is 1. The zero-order chi connectivity index (χ0) is 25.7. The number of nitriles is 1. The van der Waals surface area contributed by atoms with E-state index >= 15 is 0 Å². The zero-order valence-electron chi connectivity index (χ0n) is 20.9. The standard InChI is InChI=1S/C27H31N5O3S/c1-4-35-20-7-5-6-19(15-20)18(2)14-25(33)30-27-22(16-28)21-10-12-32(17-23(21)36-27)26(34)9-8-24-29-11-13-31(24)3/h5-7,11,13,15,18H,4,8-10,12,14,17H2,1-3H3,(H,30,33). The summed E-state index contributed by atoms with van der Waals surface area (Å²) in [6, 6.07) is 10.1. The first-order valence-corrected chi connectivity index (χ1v) is 13.0. The number of ether oxygens (including phenoxy) is 1. The van der Waals surface area contributed by atoms with Gasteiger partial charge in [-0.2, -0.15) is 5.26 Å². The molecule has 0 bridgehead atoms. The zero-order valence-corrected chi connectivity index (χ0v) is 21.7. The average Bonchev–Trinajstić information content (AvgIpc) is 3.44. The smallest absolute Gasteiger partial charge is 0.225 e. The number of imidazole rings is 1. The summed E-state index contributed by atoms with van der Waals surface area (Å²) < 4.78 is 7.49. The Balaban J connectivity index is 1.38. The molecule has 2 amide bonds. The molecule has 1 aliphatic rings. The van der Waals surface area contributed by atoms with E-state index in [1.54, 1.807) is 6.20 Å². The Kier molecular flexibility index (Phi) is 8.06. The van der Waals surface area contributed by atoms with Crippen molar-refractivity contribution in [2.45, 2.75) is 52.0 Å². The van der Waals surface area contributed by atoms with Crippen molar-refractivity contribution in [3.05, 3.63) is 64.1 Å². The van der Waals surface area contributed by atoms with Crippen molar-refractivity contribution in [3.8, 4) is 11.8 Å². The fraction of sp³-hybridized carbons (Fsp3) is 0.407. The number of benzene rings is 1. The van der Waals surface area contributed by atoms with E-state index in [1.165, 1.54) is 11.3 Å². The van der Waals surface area contributed by atoms with Crippen molar-refractivity contribution in [2.24, 2.45) is 7.05 Å². The number of carbonyl (C=O) groups excluding carboxylic acids is 2. The molecule has 1 aliphatic heterocycles. The first-order chi connectivity index (χ1) is 17.4. The number of hydrogen-bond acceptors (Lipinski definition) is 6. The molecule has 2 aromatic heterocycles. The van der Waals surface area contributed by atoms with Crippen LogP contribution < -0.4 is 10.1 Å². The van der Waals surface area contributed by atoms with E-state index in [9.17, 15) is 14.9 Å². The maximum Gasteiger partial charge on any atom is 0.225 e. The van der Waals surface area contributed by atoms with Crippen LogP contribution in [0.2, 0.25) is 0 Å². The van der Waals surface area contributed by atoms with Gasteiger partial charge in [-0.15, -0.1) is 11.3 Å². The molecule has 9 heteroatoms. The van der Waals surface area contributed by atoms with Gasteiger partial charge in [-0.25, -0.2) is 4.98 Å². The second-order valence-corrected chi connectivity index (χ2v) is 10.1. The predicted molar refractivity (Wildman–Crippen MR) is 139 cm³/mol. The molecule has 3 aromatic rings. The summed E-state index contributed by atoms with van der Waals surface area (Å²) in [6.45, 7) is 5.56. The molecule has 0 radical (unpaired) electrons. The van der Waals surface area contributed by atoms with Crippen molar-refractivity contribution in [1.82, 2.24) is 14.5 Å². The molecule has 1 N–H and O–H groups in total. The third-order valence-electron chi connectivity index (χ3n) is 6.49. The predicted octanol–water partition coefficient (Wildman–Crippen LogP) is 4.40. The second kappa shape index (κ2) is 11.4. The van der Waals surface area contributed by atoms with Crippen LogP contribution in [0.1, 0.15) is 60.0 Å². The normalized spacial score (nSPS) is 13.6. The lowest BCUT2D eigenvalue weighted by Crippen LogP contribution is -2.35. The van der Waals surface area contributed by atoms with Crippen molar-refractivity contribution in [1.29, 1.82) is 5.26 Å². The Morgan fingerprint density at radius 1 is 1.36 bits per heavy atom. The summed E-state index contributed by atoms with van der Waals surface area (Å²) in [5.74, 6) is 1.61. The van der Waals surface area contributed by atoms with E-state index in [0.29, 0.717) is 55.9 Å². The highest BCUT2D eigenvalue weighted by Crippen LogP contribution is 2.37. The molecule has 3 heterocycles. The minimum absolute atomic E-state index is 0.00245. The number of thiophene rings is 1. The SMILES string of the molecule is CCOc1cccc(C(C)CC(=O)Nc2sc3c(c2C#N)CCN(C(=O)CCc2nccn2C)C3)c1. The molecule has 0 fully saturated rings. The molecular formula is C27H31N5O3S. The van der Waals surface area contributed by atoms with Crippen LogP contribution in [0.25, 0.3) is 0 Å². The first-order valence-electron chi connectivity index (χ1n) is 12.2. The van der Waals surface area contributed by atoms with Gasteiger partial charge in [0.2, 0.25) is 11.8 Å². The summed E-state index contributed by atoms with van der Waals surface area (Å²) in [5, 5.41) is 13.3. The highest BCUT2D eigenvalue weighted by Gasteiger charge is 2.28. The van der Waals surface area contributed by atoms with E-state index in [0.717, 1.165) is 27.6 Å². The number of aromatic nitrogens is 2. The molecule has 1 unspecified atom stereocenters. The molecule has 36 heavy (non-hydrogen) atoms. The largest absolute Gasteiger partial charge is 0.494 e. The highest BCUT2D eigenvalue weighted by molar-refractivity contribution is 7.16. The molecular weight excluding hydrogens is 474 g/mol. The van der Waals surface area contributed by atoms with Crippen molar-refractivity contribution >= 4 is 28.2 Å². The molecule has 0 spiro atoms. The Hall–Kier alpha value is -3.64. The summed E-state index contributed by atoms with van der Waals surface area (Å²) in [6.07, 6.45) is 5.49. The Morgan fingerprint density at radius 3 is 2.92 bits per heavy atom. The lowest BCUT2D eigenvalue weighted by atomic mass is 9.97. The van der Waals surface area contributed by atoms with Crippen LogP contribution in [-0.4, -0.2) is 39.4 Å². The van der Waals surface area contributed by atoms with Gasteiger partial charge in [0.25, 0.3) is 0 Å². The number of nitrogens with zero attached hydrogens (tertiary/aromatic N) is 4. The van der Waals surface area contributed by atoms with Gasteiger partial charge >= 0.3 is 0 Å². The second-order valence-electron chi connectivity index (χ2n) is 9.00. The molecule has 1 atom stereocenters. The van der Waals surface area contributed by atoms with E-state index in [4.69, 9.17) is 4.74 Å². The van der Waals surface area contributed by atoms with Crippen LogP contribution in [0.15, 0.2) is 36.7 Å². The van der Waals surface area contributed by atoms with Crippen LogP contribution in [0.5, 0.6) is 5.75 Å². The molecule has 0 saturated carbocycles. The fourth-order valence-corrected chi connectivity index (χ4v) is 5.72. The fourth-order valence-electron chi connectivity index (χ4n) is 4.49. The van der Waals surface area contributed by atoms with Gasteiger partial charge in [0.05, 0.1) is 18.7 Å². The maximum absolute atomic E-state index is 12.9. The number of anilines is 1. The summed E-state index contributed by atoms with van der Waals surface area (Å²) in [7, 11) is 1.92. The quantitative estimate of drug-likeness (QED) is 0.465. The third kappa shape index (κ3) is 5.77. The number of rotatable bonds is 9. The maximum atomic E-state index is 12.9. The van der Waals surface area contributed by atoms with Crippen LogP contribution in [0, 0.1) is 11.3 Å². The van der Waals surface area contributed by atoms with Gasteiger partial charge in [-0.3, -0.25) is 9.59 Å². The highest BCUT2D eigenvalue weighted by atomic mass is 32.1. The molecule has 0 saturated heterocycles. The minimum atomic E-state index is -0.137. The van der Waals surface area contributed by atoms with Gasteiger partial charge in [0, 0.05) is 50.1 Å². The molecule has 188 valence electrons. The average molecular weight is 506 g/mol. The van der Waals surface area contributed by atoms with Gasteiger partial charge in [0.15, 0.2) is 0 Å². The van der Waals surface area contributed by atoms with Crippen molar-refractivity contribution < 1.29 is 14.3 Å². The van der Waals surface area contributed by atoms with E-state index < -0.39 is 0 Å². The molecule has 1 aromatic carbocycles. The van der Waals surface area contributed by atoms with Crippen LogP contribution in [0.3, 0.4) is 0 Å². The lowest BCUT2D eigenvalue weighted by Gasteiger charge is -2.27. The Morgan fingerprint density at radius 2 is 2.19 bits per heavy atom. The van der Waals surface area contributed by atoms with E-state index in [-0.39, 0.29) is 17.7 Å².